The van der Waals surface area contributed by atoms with E-state index in [0.29, 0.717) is 5.67 Å². The first-order valence-electron chi connectivity index (χ1n) is 6.09. The van der Waals surface area contributed by atoms with E-state index >= 15 is 0 Å². The minimum absolute atomic E-state index is 0.478. The predicted molar refractivity (Wildman–Crippen MR) is 86.1 cm³/mol. The molecule has 0 aromatic carbocycles. The molecule has 0 fully saturated rings. The Kier molecular flexibility index (Phi) is 6.86. The molecular weight excluding hydrogens is 289 g/mol. The monoisotopic (exact) mass is 315 g/mol. The Morgan fingerprint density at radius 2 is 1.38 bits per heavy atom. The molecule has 0 N–H and O–H groups in total. The zero-order valence-corrected chi connectivity index (χ0v) is 16.4. The topological polar surface area (TPSA) is 3.24 Å². The molecular formula is C10H27Cl2NSi3. The van der Waals surface area contributed by atoms with Crippen LogP contribution in [0.25, 0.3) is 0 Å². The Labute approximate surface area is 115 Å². The van der Waals surface area contributed by atoms with E-state index in [1.807, 2.05) is 0 Å². The lowest BCUT2D eigenvalue weighted by Crippen LogP contribution is -2.65. The van der Waals surface area contributed by atoms with Gasteiger partial charge in [-0.2, -0.15) is 0 Å². The average Bonchev–Trinajstić information content (AvgIpc) is 1.97. The number of rotatable bonds is 6. The number of nitrogens with zero attached hydrogens (tertiary/aromatic N) is 1. The average molecular weight is 316 g/mol. The highest BCUT2D eigenvalue weighted by Gasteiger charge is 2.41. The van der Waals surface area contributed by atoms with Gasteiger partial charge in [-0.25, -0.2) is 0 Å². The smallest absolute Gasteiger partial charge is 0.252 e. The van der Waals surface area contributed by atoms with E-state index in [2.05, 4.69) is 50.4 Å². The third-order valence-electron chi connectivity index (χ3n) is 2.65. The van der Waals surface area contributed by atoms with E-state index < -0.39 is 23.9 Å². The van der Waals surface area contributed by atoms with Gasteiger partial charge in [-0.1, -0.05) is 52.6 Å². The van der Waals surface area contributed by atoms with Crippen LogP contribution in [-0.2, 0) is 0 Å². The van der Waals surface area contributed by atoms with Crippen LogP contribution >= 0.6 is 22.2 Å². The van der Waals surface area contributed by atoms with Crippen LogP contribution in [0.15, 0.2) is 0 Å². The largest absolute Gasteiger partial charge is 0.344 e. The highest BCUT2D eigenvalue weighted by molar-refractivity contribution is 7.34. The van der Waals surface area contributed by atoms with Gasteiger partial charge in [-0.15, -0.1) is 22.2 Å². The van der Waals surface area contributed by atoms with Gasteiger partial charge in [0, 0.05) is 5.67 Å². The summed E-state index contributed by atoms with van der Waals surface area (Å²) in [6, 6.07) is 0. The number of halogens is 2. The first kappa shape index (κ1) is 17.2. The summed E-state index contributed by atoms with van der Waals surface area (Å²) >= 11 is 12.7. The Balaban J connectivity index is 5.14. The van der Waals surface area contributed by atoms with Gasteiger partial charge < -0.3 is 4.23 Å². The quantitative estimate of drug-likeness (QED) is 0.520. The van der Waals surface area contributed by atoms with Crippen LogP contribution in [-0.4, -0.2) is 33.8 Å². The molecule has 0 bridgehead atoms. The Morgan fingerprint density at radius 3 is 1.56 bits per heavy atom. The molecule has 0 amide bonds. The summed E-state index contributed by atoms with van der Waals surface area (Å²) in [6.07, 6.45) is 2.34. The van der Waals surface area contributed by atoms with Gasteiger partial charge >= 0.3 is 0 Å². The van der Waals surface area contributed by atoms with Crippen molar-refractivity contribution in [1.82, 2.24) is 4.23 Å². The van der Waals surface area contributed by atoms with Crippen molar-refractivity contribution in [1.29, 1.82) is 0 Å². The van der Waals surface area contributed by atoms with Gasteiger partial charge in [0.05, 0.1) is 0 Å². The minimum atomic E-state index is -1.62. The summed E-state index contributed by atoms with van der Waals surface area (Å²) in [5.41, 5.74) is 0.478. The Morgan fingerprint density at radius 1 is 1.00 bits per heavy atom. The Bertz CT molecular complexity index is 197. The molecule has 0 spiro atoms. The summed E-state index contributed by atoms with van der Waals surface area (Å²) in [5.74, 6) is 0. The summed E-state index contributed by atoms with van der Waals surface area (Å²) in [7, 11) is -4.27. The second kappa shape index (κ2) is 6.38. The molecule has 1 nitrogen and oxygen atoms in total. The van der Waals surface area contributed by atoms with Crippen molar-refractivity contribution in [3.8, 4) is 0 Å². The lowest BCUT2D eigenvalue weighted by atomic mass is 10.3. The first-order valence-corrected chi connectivity index (χ1v) is 17.1. The fraction of sp³-hybridized carbons (Fsp3) is 1.00. The molecule has 0 saturated heterocycles. The fourth-order valence-corrected chi connectivity index (χ4v) is 19.9. The van der Waals surface area contributed by atoms with Crippen molar-refractivity contribution in [2.24, 2.45) is 0 Å². The zero-order chi connectivity index (χ0) is 13.1. The zero-order valence-electron chi connectivity index (χ0n) is 11.8. The summed E-state index contributed by atoms with van der Waals surface area (Å²) in [5, 5.41) is 0. The summed E-state index contributed by atoms with van der Waals surface area (Å²) in [6.45, 7) is 16.7. The van der Waals surface area contributed by atoms with Crippen molar-refractivity contribution in [3.05, 3.63) is 0 Å². The SMILES string of the molecule is CCCC(N([Si](C)(C)C)[Si](C)(C)C)[SiH](Cl)Cl. The number of hydrogen-bond acceptors (Lipinski definition) is 1. The van der Waals surface area contributed by atoms with E-state index in [1.54, 1.807) is 0 Å². The van der Waals surface area contributed by atoms with Crippen LogP contribution in [0.3, 0.4) is 0 Å². The van der Waals surface area contributed by atoms with Crippen molar-refractivity contribution in [2.45, 2.75) is 64.7 Å². The Hall–Kier alpha value is 1.19. The van der Waals surface area contributed by atoms with E-state index in [0.717, 1.165) is 0 Å². The highest BCUT2D eigenvalue weighted by atomic mass is 35.7. The van der Waals surface area contributed by atoms with E-state index in [9.17, 15) is 0 Å². The van der Waals surface area contributed by atoms with Crippen LogP contribution in [0.5, 0.6) is 0 Å². The van der Waals surface area contributed by atoms with Crippen molar-refractivity contribution in [3.63, 3.8) is 0 Å². The first-order chi connectivity index (χ1) is 7.01. The summed E-state index contributed by atoms with van der Waals surface area (Å²) in [4.78, 5) is 0. The molecule has 1 unspecified atom stereocenters. The lowest BCUT2D eigenvalue weighted by Gasteiger charge is -2.49. The van der Waals surface area contributed by atoms with Crippen LogP contribution in [0, 0.1) is 0 Å². The second-order valence-corrected chi connectivity index (χ2v) is 21.4. The normalized spacial score (nSPS) is 15.9. The van der Waals surface area contributed by atoms with Crippen LogP contribution in [0.4, 0.5) is 0 Å². The minimum Gasteiger partial charge on any atom is -0.344 e. The van der Waals surface area contributed by atoms with E-state index in [4.69, 9.17) is 22.2 Å². The molecule has 0 heterocycles. The molecule has 0 rings (SSSR count). The van der Waals surface area contributed by atoms with E-state index in [-0.39, 0.29) is 0 Å². The lowest BCUT2D eigenvalue weighted by molar-refractivity contribution is 0.519. The maximum Gasteiger partial charge on any atom is 0.252 e. The van der Waals surface area contributed by atoms with E-state index in [1.165, 1.54) is 12.8 Å². The summed E-state index contributed by atoms with van der Waals surface area (Å²) < 4.78 is 2.78. The van der Waals surface area contributed by atoms with Gasteiger partial charge in [0.1, 0.15) is 16.5 Å². The molecule has 1 atom stereocenters. The molecule has 0 aromatic rings. The van der Waals surface area contributed by atoms with Crippen molar-refractivity contribution >= 4 is 46.0 Å². The third-order valence-corrected chi connectivity index (χ3v) is 13.8. The van der Waals surface area contributed by atoms with Crippen LogP contribution in [0.2, 0.25) is 39.3 Å². The molecule has 98 valence electrons. The standard InChI is InChI=1S/C10H27Cl2NSi3/c1-8-9-10(14(11)12)13(15(2,3)4)16(5,6)7/h10,14H,8-9H2,1-7H3. The van der Waals surface area contributed by atoms with Gasteiger partial charge in [0.25, 0.3) is 7.42 Å². The second-order valence-electron chi connectivity index (χ2n) is 6.40. The van der Waals surface area contributed by atoms with Gasteiger partial charge in [0.2, 0.25) is 0 Å². The molecule has 0 aliphatic heterocycles. The van der Waals surface area contributed by atoms with Gasteiger partial charge in [-0.3, -0.25) is 0 Å². The molecule has 0 aliphatic carbocycles. The van der Waals surface area contributed by atoms with Crippen molar-refractivity contribution in [2.75, 3.05) is 0 Å². The third kappa shape index (κ3) is 5.23. The molecule has 16 heavy (non-hydrogen) atoms. The van der Waals surface area contributed by atoms with Crippen molar-refractivity contribution < 1.29 is 0 Å². The maximum absolute atomic E-state index is 6.34. The highest BCUT2D eigenvalue weighted by Crippen LogP contribution is 2.28. The molecule has 0 saturated carbocycles. The van der Waals surface area contributed by atoms with Gasteiger partial charge in [-0.05, 0) is 6.42 Å². The van der Waals surface area contributed by atoms with Crippen LogP contribution in [0.1, 0.15) is 19.8 Å². The molecule has 0 aliphatic rings. The number of hydrogen-bond donors (Lipinski definition) is 0. The maximum atomic E-state index is 6.34. The van der Waals surface area contributed by atoms with Gasteiger partial charge in [0.15, 0.2) is 0 Å². The molecule has 0 aromatic heterocycles. The molecule has 0 radical (unpaired) electrons. The fourth-order valence-electron chi connectivity index (χ4n) is 2.66. The molecule has 6 heteroatoms. The predicted octanol–water partition coefficient (Wildman–Crippen LogP) is 4.36. The van der Waals surface area contributed by atoms with Crippen LogP contribution < -0.4 is 0 Å².